The molecule has 5 rings (SSSR count). The first kappa shape index (κ1) is 24.6. The molecule has 0 bridgehead atoms. The average Bonchev–Trinajstić information content (AvgIpc) is 2.92. The highest BCUT2D eigenvalue weighted by atomic mass is 14.1. The van der Waals surface area contributed by atoms with Crippen molar-refractivity contribution in [1.29, 1.82) is 0 Å². The van der Waals surface area contributed by atoms with Crippen molar-refractivity contribution >= 4 is 32.3 Å². The van der Waals surface area contributed by atoms with Gasteiger partial charge in [-0.1, -0.05) is 125 Å². The molecule has 184 valence electrons. The van der Waals surface area contributed by atoms with Crippen molar-refractivity contribution in [2.75, 3.05) is 0 Å². The van der Waals surface area contributed by atoms with Gasteiger partial charge in [0.05, 0.1) is 0 Å². The molecule has 0 saturated heterocycles. The monoisotopic (exact) mass is 472 g/mol. The van der Waals surface area contributed by atoms with Crippen molar-refractivity contribution in [3.8, 4) is 11.1 Å². The van der Waals surface area contributed by atoms with E-state index in [1.165, 1.54) is 120 Å². The molecule has 0 aromatic heterocycles. The third kappa shape index (κ3) is 6.16. The molecule has 5 aromatic rings. The van der Waals surface area contributed by atoms with E-state index in [-0.39, 0.29) is 0 Å². The Morgan fingerprint density at radius 3 is 1.47 bits per heavy atom. The number of fused-ring (bicyclic) bond motifs is 3. The van der Waals surface area contributed by atoms with E-state index < -0.39 is 0 Å². The molecule has 0 aliphatic heterocycles. The van der Waals surface area contributed by atoms with Crippen LogP contribution in [-0.2, 0) is 6.42 Å². The van der Waals surface area contributed by atoms with E-state index in [0.29, 0.717) is 0 Å². The quantitative estimate of drug-likeness (QED) is 0.125. The normalized spacial score (nSPS) is 11.6. The number of benzene rings is 5. The predicted molar refractivity (Wildman–Crippen MR) is 160 cm³/mol. The zero-order chi connectivity index (χ0) is 24.6. The van der Waals surface area contributed by atoms with Crippen molar-refractivity contribution in [2.45, 2.75) is 77.6 Å². The minimum atomic E-state index is 1.20. The van der Waals surface area contributed by atoms with Crippen LogP contribution in [0, 0.1) is 0 Å². The summed E-state index contributed by atoms with van der Waals surface area (Å²) >= 11 is 0. The Morgan fingerprint density at radius 2 is 0.861 bits per heavy atom. The molecule has 0 saturated carbocycles. The lowest BCUT2D eigenvalue weighted by atomic mass is 9.96. The lowest BCUT2D eigenvalue weighted by molar-refractivity contribution is 0.556. The van der Waals surface area contributed by atoms with Crippen molar-refractivity contribution < 1.29 is 0 Å². The first-order chi connectivity index (χ1) is 17.8. The van der Waals surface area contributed by atoms with Gasteiger partial charge in [-0.05, 0) is 92.2 Å². The van der Waals surface area contributed by atoms with Gasteiger partial charge in [0, 0.05) is 0 Å². The van der Waals surface area contributed by atoms with E-state index in [1.807, 2.05) is 0 Å². The third-order valence-corrected chi connectivity index (χ3v) is 7.77. The van der Waals surface area contributed by atoms with Crippen LogP contribution in [0.15, 0.2) is 91.0 Å². The van der Waals surface area contributed by atoms with Gasteiger partial charge in [0.1, 0.15) is 0 Å². The minimum Gasteiger partial charge on any atom is -0.0654 e. The zero-order valence-electron chi connectivity index (χ0n) is 21.9. The van der Waals surface area contributed by atoms with Crippen LogP contribution < -0.4 is 0 Å². The van der Waals surface area contributed by atoms with E-state index in [2.05, 4.69) is 97.9 Å². The summed E-state index contributed by atoms with van der Waals surface area (Å²) in [6, 6.07) is 34.1. The minimum absolute atomic E-state index is 1.20. The molecular weight excluding hydrogens is 432 g/mol. The first-order valence-corrected chi connectivity index (χ1v) is 14.3. The van der Waals surface area contributed by atoms with Gasteiger partial charge >= 0.3 is 0 Å². The van der Waals surface area contributed by atoms with Crippen LogP contribution >= 0.6 is 0 Å². The Bertz CT molecular complexity index is 1410. The standard InChI is InChI=1S/C36H40/c1-2-3-4-5-6-7-8-9-10-11-14-28-17-19-29(20-18-28)32-21-22-33-26-35-23-30-15-12-13-16-31(30)24-36(35)27-34(33)25-32/h12-13,15-27H,2-11,14H2,1H3. The molecule has 0 heteroatoms. The Morgan fingerprint density at radius 1 is 0.389 bits per heavy atom. The molecular formula is C36H40. The molecule has 0 nitrogen and oxygen atoms in total. The largest absolute Gasteiger partial charge is 0.0654 e. The van der Waals surface area contributed by atoms with Gasteiger partial charge in [-0.15, -0.1) is 0 Å². The van der Waals surface area contributed by atoms with Gasteiger partial charge in [0.25, 0.3) is 0 Å². The summed E-state index contributed by atoms with van der Waals surface area (Å²) < 4.78 is 0. The highest BCUT2D eigenvalue weighted by Gasteiger charge is 2.04. The third-order valence-electron chi connectivity index (χ3n) is 7.77. The molecule has 5 aromatic carbocycles. The van der Waals surface area contributed by atoms with Crippen LogP contribution in [-0.4, -0.2) is 0 Å². The molecule has 0 N–H and O–H groups in total. The van der Waals surface area contributed by atoms with Gasteiger partial charge < -0.3 is 0 Å². The van der Waals surface area contributed by atoms with Gasteiger partial charge in [-0.3, -0.25) is 0 Å². The van der Waals surface area contributed by atoms with Gasteiger partial charge in [-0.2, -0.15) is 0 Å². The molecule has 0 atom stereocenters. The van der Waals surface area contributed by atoms with Crippen LogP contribution in [0.3, 0.4) is 0 Å². The van der Waals surface area contributed by atoms with Crippen LogP contribution in [0.25, 0.3) is 43.4 Å². The van der Waals surface area contributed by atoms with E-state index in [0.717, 1.165) is 0 Å². The summed E-state index contributed by atoms with van der Waals surface area (Å²) in [5, 5.41) is 7.84. The Balaban J connectivity index is 1.18. The molecule has 36 heavy (non-hydrogen) atoms. The summed E-state index contributed by atoms with van der Waals surface area (Å²) in [6.07, 6.45) is 15.2. The Labute approximate surface area is 217 Å². The molecule has 0 aliphatic carbocycles. The fraction of sp³-hybridized carbons (Fsp3) is 0.333. The number of hydrogen-bond donors (Lipinski definition) is 0. The molecule has 0 aliphatic rings. The molecule has 0 unspecified atom stereocenters. The predicted octanol–water partition coefficient (Wildman–Crippen LogP) is 11.3. The zero-order valence-corrected chi connectivity index (χ0v) is 21.9. The lowest BCUT2D eigenvalue weighted by Crippen LogP contribution is -1.87. The van der Waals surface area contributed by atoms with Crippen molar-refractivity contribution in [3.05, 3.63) is 96.6 Å². The average molecular weight is 473 g/mol. The van der Waals surface area contributed by atoms with E-state index in [4.69, 9.17) is 0 Å². The summed E-state index contributed by atoms with van der Waals surface area (Å²) in [4.78, 5) is 0. The summed E-state index contributed by atoms with van der Waals surface area (Å²) in [6.45, 7) is 2.29. The summed E-state index contributed by atoms with van der Waals surface area (Å²) in [7, 11) is 0. The first-order valence-electron chi connectivity index (χ1n) is 14.3. The molecule has 0 spiro atoms. The highest BCUT2D eigenvalue weighted by molar-refractivity contribution is 6.05. The fourth-order valence-corrected chi connectivity index (χ4v) is 5.55. The second kappa shape index (κ2) is 12.2. The van der Waals surface area contributed by atoms with Gasteiger partial charge in [-0.25, -0.2) is 0 Å². The summed E-state index contributed by atoms with van der Waals surface area (Å²) in [5.41, 5.74) is 4.08. The van der Waals surface area contributed by atoms with Crippen LogP contribution in [0.2, 0.25) is 0 Å². The van der Waals surface area contributed by atoms with Gasteiger partial charge in [0.15, 0.2) is 0 Å². The lowest BCUT2D eigenvalue weighted by Gasteiger charge is -2.09. The van der Waals surface area contributed by atoms with Crippen molar-refractivity contribution in [1.82, 2.24) is 0 Å². The summed E-state index contributed by atoms with van der Waals surface area (Å²) in [5.74, 6) is 0. The van der Waals surface area contributed by atoms with Crippen LogP contribution in [0.4, 0.5) is 0 Å². The smallest absolute Gasteiger partial charge is 0.0171 e. The van der Waals surface area contributed by atoms with Crippen LogP contribution in [0.5, 0.6) is 0 Å². The second-order valence-electron chi connectivity index (χ2n) is 10.6. The molecule has 0 heterocycles. The maximum Gasteiger partial charge on any atom is -0.0171 e. The highest BCUT2D eigenvalue weighted by Crippen LogP contribution is 2.30. The second-order valence-corrected chi connectivity index (χ2v) is 10.6. The molecule has 0 radical (unpaired) electrons. The number of hydrogen-bond acceptors (Lipinski definition) is 0. The fourth-order valence-electron chi connectivity index (χ4n) is 5.55. The van der Waals surface area contributed by atoms with Crippen molar-refractivity contribution in [3.63, 3.8) is 0 Å². The number of unbranched alkanes of at least 4 members (excludes halogenated alkanes) is 9. The molecule has 0 amide bonds. The topological polar surface area (TPSA) is 0 Å². The Kier molecular flexibility index (Phi) is 8.34. The van der Waals surface area contributed by atoms with Crippen molar-refractivity contribution in [2.24, 2.45) is 0 Å². The number of rotatable bonds is 12. The SMILES string of the molecule is CCCCCCCCCCCCc1ccc(-c2ccc3cc4cc5ccccc5cc4cc3c2)cc1. The van der Waals surface area contributed by atoms with E-state index >= 15 is 0 Å². The maximum atomic E-state index is 2.35. The number of aryl methyl sites for hydroxylation is 1. The Hall–Kier alpha value is -3.12. The molecule has 0 fully saturated rings. The van der Waals surface area contributed by atoms with Crippen LogP contribution in [0.1, 0.15) is 76.7 Å². The van der Waals surface area contributed by atoms with Gasteiger partial charge in [0.2, 0.25) is 0 Å². The van der Waals surface area contributed by atoms with E-state index in [9.17, 15) is 0 Å². The maximum absolute atomic E-state index is 2.35. The van der Waals surface area contributed by atoms with E-state index in [1.54, 1.807) is 0 Å².